The summed E-state index contributed by atoms with van der Waals surface area (Å²) in [7, 11) is 0. The average Bonchev–Trinajstić information content (AvgIpc) is 2.22. The Morgan fingerprint density at radius 1 is 1.53 bits per heavy atom. The predicted molar refractivity (Wildman–Crippen MR) is 60.2 cm³/mol. The zero-order valence-electron chi connectivity index (χ0n) is 9.04. The molecule has 1 rings (SSSR count). The molecule has 0 aliphatic heterocycles. The second-order valence-corrected chi connectivity index (χ2v) is 3.83. The van der Waals surface area contributed by atoms with Crippen LogP contribution >= 0.6 is 0 Å². The van der Waals surface area contributed by atoms with Crippen LogP contribution < -0.4 is 11.5 Å². The van der Waals surface area contributed by atoms with E-state index < -0.39 is 5.67 Å². The SMILES string of the molecule is CCCC(F)(CN)Cc1cccnc1N. The number of nitrogens with two attached hydrogens (primary N) is 2. The van der Waals surface area contributed by atoms with Crippen molar-refractivity contribution in [1.29, 1.82) is 0 Å². The molecule has 0 bridgehead atoms. The van der Waals surface area contributed by atoms with Crippen molar-refractivity contribution >= 4 is 5.82 Å². The molecule has 0 aliphatic carbocycles. The Hall–Kier alpha value is -1.16. The fraction of sp³-hybridized carbons (Fsp3) is 0.545. The van der Waals surface area contributed by atoms with Gasteiger partial charge in [0, 0.05) is 19.2 Å². The molecule has 1 aromatic heterocycles. The molecular weight excluding hydrogens is 193 g/mol. The van der Waals surface area contributed by atoms with Crippen molar-refractivity contribution in [3.8, 4) is 0 Å². The molecule has 0 saturated heterocycles. The van der Waals surface area contributed by atoms with Gasteiger partial charge in [0.1, 0.15) is 11.5 Å². The lowest BCUT2D eigenvalue weighted by molar-refractivity contribution is 0.158. The first-order valence-corrected chi connectivity index (χ1v) is 5.19. The first-order chi connectivity index (χ1) is 7.11. The first kappa shape index (κ1) is 11.9. The summed E-state index contributed by atoms with van der Waals surface area (Å²) < 4.78 is 14.2. The van der Waals surface area contributed by atoms with Crippen molar-refractivity contribution < 1.29 is 4.39 Å². The molecule has 4 heteroatoms. The van der Waals surface area contributed by atoms with Gasteiger partial charge in [0.25, 0.3) is 0 Å². The molecule has 0 radical (unpaired) electrons. The van der Waals surface area contributed by atoms with E-state index in [0.717, 1.165) is 12.0 Å². The molecule has 0 saturated carbocycles. The van der Waals surface area contributed by atoms with E-state index in [2.05, 4.69) is 4.98 Å². The van der Waals surface area contributed by atoms with Gasteiger partial charge >= 0.3 is 0 Å². The number of anilines is 1. The summed E-state index contributed by atoms with van der Waals surface area (Å²) in [5.41, 5.74) is 10.5. The summed E-state index contributed by atoms with van der Waals surface area (Å²) in [4.78, 5) is 3.93. The number of aromatic nitrogens is 1. The van der Waals surface area contributed by atoms with E-state index in [-0.39, 0.29) is 13.0 Å². The summed E-state index contributed by atoms with van der Waals surface area (Å²) in [6.07, 6.45) is 3.07. The summed E-state index contributed by atoms with van der Waals surface area (Å²) in [5.74, 6) is 0.393. The topological polar surface area (TPSA) is 64.9 Å². The minimum absolute atomic E-state index is 0.0230. The zero-order chi connectivity index (χ0) is 11.3. The summed E-state index contributed by atoms with van der Waals surface area (Å²) in [5, 5.41) is 0. The van der Waals surface area contributed by atoms with E-state index in [1.54, 1.807) is 18.3 Å². The molecule has 0 amide bonds. The standard InChI is InChI=1S/C11H18FN3/c1-2-5-11(12,8-13)7-9-4-3-6-15-10(9)14/h3-4,6H,2,5,7-8,13H2,1H3,(H2,14,15). The van der Waals surface area contributed by atoms with E-state index in [0.29, 0.717) is 12.2 Å². The molecule has 4 N–H and O–H groups in total. The van der Waals surface area contributed by atoms with Gasteiger partial charge < -0.3 is 11.5 Å². The van der Waals surface area contributed by atoms with E-state index in [1.165, 1.54) is 0 Å². The van der Waals surface area contributed by atoms with Crippen molar-refractivity contribution in [2.24, 2.45) is 5.73 Å². The summed E-state index contributed by atoms with van der Waals surface area (Å²) in [6, 6.07) is 3.55. The zero-order valence-corrected chi connectivity index (χ0v) is 9.04. The van der Waals surface area contributed by atoms with Crippen LogP contribution in [0.4, 0.5) is 10.2 Å². The molecule has 3 nitrogen and oxygen atoms in total. The lowest BCUT2D eigenvalue weighted by Crippen LogP contribution is -2.35. The Bertz CT molecular complexity index is 316. The highest BCUT2D eigenvalue weighted by atomic mass is 19.1. The number of halogens is 1. The molecule has 0 aromatic carbocycles. The number of nitrogens with zero attached hydrogens (tertiary/aromatic N) is 1. The van der Waals surface area contributed by atoms with Gasteiger partial charge in [0.2, 0.25) is 0 Å². The summed E-state index contributed by atoms with van der Waals surface area (Å²) in [6.45, 7) is 1.96. The van der Waals surface area contributed by atoms with Gasteiger partial charge in [-0.15, -0.1) is 0 Å². The van der Waals surface area contributed by atoms with Gasteiger partial charge in [0.15, 0.2) is 0 Å². The molecule has 1 aromatic rings. The number of pyridine rings is 1. The second kappa shape index (κ2) is 5.07. The first-order valence-electron chi connectivity index (χ1n) is 5.19. The van der Waals surface area contributed by atoms with E-state index in [1.807, 2.05) is 6.92 Å². The Morgan fingerprint density at radius 3 is 2.80 bits per heavy atom. The largest absolute Gasteiger partial charge is 0.383 e. The van der Waals surface area contributed by atoms with E-state index >= 15 is 0 Å². The Balaban J connectivity index is 2.79. The van der Waals surface area contributed by atoms with Crippen molar-refractivity contribution in [3.63, 3.8) is 0 Å². The average molecular weight is 211 g/mol. The van der Waals surface area contributed by atoms with E-state index in [4.69, 9.17) is 11.5 Å². The third kappa shape index (κ3) is 3.16. The number of alkyl halides is 1. The van der Waals surface area contributed by atoms with Gasteiger partial charge in [-0.1, -0.05) is 19.4 Å². The highest BCUT2D eigenvalue weighted by molar-refractivity contribution is 5.39. The second-order valence-electron chi connectivity index (χ2n) is 3.83. The van der Waals surface area contributed by atoms with Crippen LogP contribution in [-0.2, 0) is 6.42 Å². The molecule has 1 unspecified atom stereocenters. The number of hydrogen-bond donors (Lipinski definition) is 2. The number of rotatable bonds is 5. The molecule has 0 aliphatic rings. The highest BCUT2D eigenvalue weighted by Crippen LogP contribution is 2.24. The lowest BCUT2D eigenvalue weighted by atomic mass is 9.92. The fourth-order valence-corrected chi connectivity index (χ4v) is 1.65. The maximum absolute atomic E-state index is 14.2. The predicted octanol–water partition coefficient (Wildman–Crippen LogP) is 1.67. The molecule has 84 valence electrons. The smallest absolute Gasteiger partial charge is 0.127 e. The highest BCUT2D eigenvalue weighted by Gasteiger charge is 2.28. The van der Waals surface area contributed by atoms with Gasteiger partial charge in [-0.25, -0.2) is 9.37 Å². The Labute approximate surface area is 89.7 Å². The minimum Gasteiger partial charge on any atom is -0.383 e. The van der Waals surface area contributed by atoms with Crippen LogP contribution in [0.1, 0.15) is 25.3 Å². The van der Waals surface area contributed by atoms with Crippen LogP contribution in [0.15, 0.2) is 18.3 Å². The molecule has 15 heavy (non-hydrogen) atoms. The van der Waals surface area contributed by atoms with Crippen LogP contribution in [0.5, 0.6) is 0 Å². The molecule has 1 atom stereocenters. The fourth-order valence-electron chi connectivity index (χ4n) is 1.65. The van der Waals surface area contributed by atoms with Gasteiger partial charge in [0.05, 0.1) is 0 Å². The molecular formula is C11H18FN3. The lowest BCUT2D eigenvalue weighted by Gasteiger charge is -2.23. The van der Waals surface area contributed by atoms with Gasteiger partial charge in [-0.05, 0) is 18.1 Å². The maximum Gasteiger partial charge on any atom is 0.127 e. The van der Waals surface area contributed by atoms with E-state index in [9.17, 15) is 4.39 Å². The van der Waals surface area contributed by atoms with Crippen LogP contribution in [0.2, 0.25) is 0 Å². The van der Waals surface area contributed by atoms with Gasteiger partial charge in [-0.3, -0.25) is 0 Å². The quantitative estimate of drug-likeness (QED) is 0.778. The Kier molecular flexibility index (Phi) is 4.03. The third-order valence-electron chi connectivity index (χ3n) is 2.50. The van der Waals surface area contributed by atoms with Crippen LogP contribution in [0.3, 0.4) is 0 Å². The van der Waals surface area contributed by atoms with Crippen LogP contribution in [0.25, 0.3) is 0 Å². The third-order valence-corrected chi connectivity index (χ3v) is 2.50. The maximum atomic E-state index is 14.2. The molecule has 0 fully saturated rings. The van der Waals surface area contributed by atoms with Crippen LogP contribution in [0, 0.1) is 0 Å². The summed E-state index contributed by atoms with van der Waals surface area (Å²) >= 11 is 0. The minimum atomic E-state index is -1.36. The van der Waals surface area contributed by atoms with Crippen LogP contribution in [-0.4, -0.2) is 17.2 Å². The molecule has 0 spiro atoms. The van der Waals surface area contributed by atoms with Crippen molar-refractivity contribution in [1.82, 2.24) is 4.98 Å². The molecule has 1 heterocycles. The van der Waals surface area contributed by atoms with Gasteiger partial charge in [-0.2, -0.15) is 0 Å². The van der Waals surface area contributed by atoms with Crippen molar-refractivity contribution in [2.75, 3.05) is 12.3 Å². The normalized spacial score (nSPS) is 14.9. The number of hydrogen-bond acceptors (Lipinski definition) is 3. The number of nitrogen functional groups attached to an aromatic ring is 1. The Morgan fingerprint density at radius 2 is 2.27 bits per heavy atom. The van der Waals surface area contributed by atoms with Crippen molar-refractivity contribution in [2.45, 2.75) is 31.9 Å². The monoisotopic (exact) mass is 211 g/mol. The van der Waals surface area contributed by atoms with Crippen molar-refractivity contribution in [3.05, 3.63) is 23.9 Å².